The third-order valence-corrected chi connectivity index (χ3v) is 3.71. The minimum absolute atomic E-state index is 0.0314. The summed E-state index contributed by atoms with van der Waals surface area (Å²) < 4.78 is 10.3. The first kappa shape index (κ1) is 21.9. The van der Waals surface area contributed by atoms with Crippen molar-refractivity contribution in [1.82, 2.24) is 0 Å². The Morgan fingerprint density at radius 1 is 1.11 bits per heavy atom. The molecule has 0 bridgehead atoms. The van der Waals surface area contributed by atoms with Crippen LogP contribution in [0.3, 0.4) is 0 Å². The third-order valence-electron chi connectivity index (χ3n) is 3.71. The Labute approximate surface area is 156 Å². The van der Waals surface area contributed by atoms with Crippen molar-refractivity contribution in [1.29, 1.82) is 0 Å². The van der Waals surface area contributed by atoms with Gasteiger partial charge in [0.1, 0.15) is 6.10 Å². The van der Waals surface area contributed by atoms with Gasteiger partial charge in [-0.15, -0.1) is 0 Å². The Morgan fingerprint density at radius 3 is 2.26 bits per heavy atom. The van der Waals surface area contributed by atoms with Gasteiger partial charge in [0.25, 0.3) is 0 Å². The van der Waals surface area contributed by atoms with Crippen LogP contribution in [0.25, 0.3) is 0 Å². The number of esters is 2. The third kappa shape index (κ3) is 6.25. The highest BCUT2D eigenvalue weighted by atomic mass is 16.5. The Bertz CT molecular complexity index is 750. The number of carbonyl (C=O) groups excluding carboxylic acids is 2. The van der Waals surface area contributed by atoms with Crippen molar-refractivity contribution >= 4 is 23.9 Å². The van der Waals surface area contributed by atoms with Crippen LogP contribution in [-0.2, 0) is 14.3 Å². The van der Waals surface area contributed by atoms with Crippen LogP contribution >= 0.6 is 0 Å². The lowest BCUT2D eigenvalue weighted by Crippen LogP contribution is -2.19. The van der Waals surface area contributed by atoms with Crippen molar-refractivity contribution in [3.63, 3.8) is 0 Å². The fourth-order valence-corrected chi connectivity index (χ4v) is 2.28. The molecular weight excluding hydrogens is 356 g/mol. The maximum atomic E-state index is 12.2. The summed E-state index contributed by atoms with van der Waals surface area (Å²) in [5.41, 5.74) is -1.14. The van der Waals surface area contributed by atoms with Crippen LogP contribution in [0.15, 0.2) is 30.4 Å². The highest BCUT2D eigenvalue weighted by molar-refractivity contribution is 6.09. The maximum Gasteiger partial charge on any atom is 0.339 e. The fraction of sp³-hybridized carbons (Fsp3) is 0.368. The Kier molecular flexibility index (Phi) is 8.19. The zero-order valence-electron chi connectivity index (χ0n) is 15.2. The molecule has 0 amide bonds. The average molecular weight is 378 g/mol. The van der Waals surface area contributed by atoms with Gasteiger partial charge in [0, 0.05) is 5.57 Å². The molecule has 1 rings (SSSR count). The first-order valence-electron chi connectivity index (χ1n) is 8.32. The summed E-state index contributed by atoms with van der Waals surface area (Å²) in [5.74, 6) is -4.40. The van der Waals surface area contributed by atoms with Gasteiger partial charge in [0.15, 0.2) is 0 Å². The van der Waals surface area contributed by atoms with Crippen LogP contribution in [0.2, 0.25) is 0 Å². The molecule has 0 saturated heterocycles. The molecule has 1 aromatic carbocycles. The normalized spacial score (nSPS) is 11.3. The summed E-state index contributed by atoms with van der Waals surface area (Å²) in [6.45, 7) is 6.86. The summed E-state index contributed by atoms with van der Waals surface area (Å²) in [4.78, 5) is 46.1. The van der Waals surface area contributed by atoms with Gasteiger partial charge in [-0.3, -0.25) is 0 Å². The molecule has 27 heavy (non-hydrogen) atoms. The standard InChI is InChI=1S/C19H22O8/c1-4-12(27-18(24)11(2)3)7-6-10-26-19(25)14-9-5-8-13(16(20)21)15(14)17(22)23/h5,8-9,12H,2,4,6-7,10H2,1,3H3,(H,20,21)(H,22,23). The van der Waals surface area contributed by atoms with Crippen molar-refractivity contribution in [2.45, 2.75) is 39.2 Å². The molecule has 0 aliphatic rings. The van der Waals surface area contributed by atoms with Gasteiger partial charge < -0.3 is 19.7 Å². The lowest BCUT2D eigenvalue weighted by atomic mass is 10.0. The second-order valence-corrected chi connectivity index (χ2v) is 5.83. The smallest absolute Gasteiger partial charge is 0.339 e. The zero-order chi connectivity index (χ0) is 20.6. The maximum absolute atomic E-state index is 12.2. The molecule has 0 saturated carbocycles. The molecule has 0 aromatic heterocycles. The summed E-state index contributed by atoms with van der Waals surface area (Å²) in [5, 5.41) is 18.3. The van der Waals surface area contributed by atoms with Crippen molar-refractivity contribution < 1.29 is 38.9 Å². The number of ether oxygens (including phenoxy) is 2. The molecule has 146 valence electrons. The molecular formula is C19H22O8. The predicted molar refractivity (Wildman–Crippen MR) is 94.9 cm³/mol. The molecule has 0 aliphatic carbocycles. The molecule has 0 radical (unpaired) electrons. The molecule has 1 aromatic rings. The van der Waals surface area contributed by atoms with Crippen LogP contribution in [-0.4, -0.2) is 46.8 Å². The lowest BCUT2D eigenvalue weighted by molar-refractivity contribution is -0.144. The van der Waals surface area contributed by atoms with E-state index >= 15 is 0 Å². The van der Waals surface area contributed by atoms with Crippen molar-refractivity contribution in [3.05, 3.63) is 47.0 Å². The minimum Gasteiger partial charge on any atom is -0.478 e. The largest absolute Gasteiger partial charge is 0.478 e. The van der Waals surface area contributed by atoms with Gasteiger partial charge in [-0.25, -0.2) is 19.2 Å². The van der Waals surface area contributed by atoms with E-state index in [9.17, 15) is 24.3 Å². The first-order valence-corrected chi connectivity index (χ1v) is 8.32. The highest BCUT2D eigenvalue weighted by Gasteiger charge is 2.24. The molecule has 0 heterocycles. The zero-order valence-corrected chi connectivity index (χ0v) is 15.2. The van der Waals surface area contributed by atoms with Crippen LogP contribution in [0, 0.1) is 0 Å². The molecule has 1 atom stereocenters. The average Bonchev–Trinajstić information content (AvgIpc) is 2.62. The molecule has 2 N–H and O–H groups in total. The van der Waals surface area contributed by atoms with Gasteiger partial charge in [-0.1, -0.05) is 19.6 Å². The van der Waals surface area contributed by atoms with Crippen molar-refractivity contribution in [2.75, 3.05) is 6.61 Å². The topological polar surface area (TPSA) is 127 Å². The number of carboxylic acid groups (broad SMARTS) is 2. The Hall–Kier alpha value is -3.16. The van der Waals surface area contributed by atoms with Crippen LogP contribution < -0.4 is 0 Å². The van der Waals surface area contributed by atoms with E-state index in [-0.39, 0.29) is 18.3 Å². The molecule has 0 spiro atoms. The van der Waals surface area contributed by atoms with Crippen LogP contribution in [0.4, 0.5) is 0 Å². The summed E-state index contributed by atoms with van der Waals surface area (Å²) in [7, 11) is 0. The lowest BCUT2D eigenvalue weighted by Gasteiger charge is -2.16. The van der Waals surface area contributed by atoms with Gasteiger partial charge in [0.2, 0.25) is 0 Å². The van der Waals surface area contributed by atoms with E-state index in [0.717, 1.165) is 6.07 Å². The molecule has 0 aliphatic heterocycles. The number of benzene rings is 1. The number of hydrogen-bond acceptors (Lipinski definition) is 6. The fourth-order valence-electron chi connectivity index (χ4n) is 2.28. The second-order valence-electron chi connectivity index (χ2n) is 5.83. The van der Waals surface area contributed by atoms with E-state index < -0.39 is 35.0 Å². The van der Waals surface area contributed by atoms with E-state index in [2.05, 4.69) is 6.58 Å². The SMILES string of the molecule is C=C(C)C(=O)OC(CC)CCCOC(=O)c1cccc(C(=O)O)c1C(=O)O. The molecule has 8 heteroatoms. The van der Waals surface area contributed by atoms with Gasteiger partial charge in [-0.05, 0) is 38.3 Å². The second kappa shape index (κ2) is 10.1. The number of carboxylic acids is 2. The van der Waals surface area contributed by atoms with E-state index in [1.54, 1.807) is 6.92 Å². The minimum atomic E-state index is -1.53. The Morgan fingerprint density at radius 2 is 1.74 bits per heavy atom. The van der Waals surface area contributed by atoms with Gasteiger partial charge in [0.05, 0.1) is 23.3 Å². The van der Waals surface area contributed by atoms with Crippen LogP contribution in [0.1, 0.15) is 64.2 Å². The highest BCUT2D eigenvalue weighted by Crippen LogP contribution is 2.17. The van der Waals surface area contributed by atoms with Crippen LogP contribution in [0.5, 0.6) is 0 Å². The number of carbonyl (C=O) groups is 4. The molecule has 0 fully saturated rings. The van der Waals surface area contributed by atoms with Gasteiger partial charge >= 0.3 is 23.9 Å². The van der Waals surface area contributed by atoms with Crippen molar-refractivity contribution in [2.24, 2.45) is 0 Å². The monoisotopic (exact) mass is 378 g/mol. The molecule has 8 nitrogen and oxygen atoms in total. The molecule has 1 unspecified atom stereocenters. The van der Waals surface area contributed by atoms with E-state index in [0.29, 0.717) is 24.8 Å². The summed E-state index contributed by atoms with van der Waals surface area (Å²) in [6, 6.07) is 3.57. The number of hydrogen-bond donors (Lipinski definition) is 2. The number of aromatic carboxylic acids is 2. The number of rotatable bonds is 10. The summed E-state index contributed by atoms with van der Waals surface area (Å²) >= 11 is 0. The first-order chi connectivity index (χ1) is 12.7. The van der Waals surface area contributed by atoms with E-state index in [4.69, 9.17) is 14.6 Å². The quantitative estimate of drug-likeness (QED) is 0.361. The van der Waals surface area contributed by atoms with E-state index in [1.807, 2.05) is 6.92 Å². The predicted octanol–water partition coefficient (Wildman–Crippen LogP) is 2.92. The van der Waals surface area contributed by atoms with Crippen molar-refractivity contribution in [3.8, 4) is 0 Å². The van der Waals surface area contributed by atoms with E-state index in [1.165, 1.54) is 12.1 Å². The van der Waals surface area contributed by atoms with Gasteiger partial charge in [-0.2, -0.15) is 0 Å². The summed E-state index contributed by atoms with van der Waals surface area (Å²) in [6.07, 6.45) is 1.06. The Balaban J connectivity index is 2.69.